The Morgan fingerprint density at radius 1 is 1.23 bits per heavy atom. The monoisotopic (exact) mass is 540 g/mol. The van der Waals surface area contributed by atoms with Gasteiger partial charge in [0.15, 0.2) is 0 Å². The summed E-state index contributed by atoms with van der Waals surface area (Å²) in [5.41, 5.74) is 6.01. The van der Waals surface area contributed by atoms with Crippen LogP contribution in [0.4, 0.5) is 23.0 Å². The van der Waals surface area contributed by atoms with Crippen LogP contribution in [0.25, 0.3) is 32.4 Å². The molecule has 0 unspecified atom stereocenters. The van der Waals surface area contributed by atoms with Gasteiger partial charge < -0.3 is 29.6 Å². The molecule has 1 saturated heterocycles. The van der Waals surface area contributed by atoms with E-state index in [4.69, 9.17) is 19.4 Å². The summed E-state index contributed by atoms with van der Waals surface area (Å²) < 4.78 is 12.4. The molecule has 1 aliphatic rings. The first-order chi connectivity index (χ1) is 19.1. The van der Waals surface area contributed by atoms with Gasteiger partial charge in [-0.25, -0.2) is 9.97 Å². The number of thiophene rings is 1. The average molecular weight is 541 g/mol. The highest BCUT2D eigenvalue weighted by atomic mass is 32.1. The molecule has 1 amide bonds. The van der Waals surface area contributed by atoms with Crippen molar-refractivity contribution in [2.45, 2.75) is 0 Å². The van der Waals surface area contributed by atoms with E-state index in [-0.39, 0.29) is 5.91 Å². The first-order valence-electron chi connectivity index (χ1n) is 12.6. The highest BCUT2D eigenvalue weighted by Gasteiger charge is 2.23. The summed E-state index contributed by atoms with van der Waals surface area (Å²) in [7, 11) is 3.54. The van der Waals surface area contributed by atoms with Crippen molar-refractivity contribution < 1.29 is 14.3 Å². The number of rotatable bonds is 7. The molecule has 0 spiro atoms. The number of carbonyl (C=O) groups excluding carboxylic acids is 1. The van der Waals surface area contributed by atoms with Gasteiger partial charge >= 0.3 is 0 Å². The topological polar surface area (TPSA) is 95.6 Å². The Labute approximate surface area is 229 Å². The minimum Gasteiger partial charge on any atom is -0.494 e. The van der Waals surface area contributed by atoms with Crippen molar-refractivity contribution in [3.63, 3.8) is 0 Å². The van der Waals surface area contributed by atoms with Gasteiger partial charge in [0.05, 0.1) is 53.3 Å². The summed E-state index contributed by atoms with van der Waals surface area (Å²) in [6.45, 7) is 6.26. The van der Waals surface area contributed by atoms with E-state index in [0.29, 0.717) is 49.4 Å². The molecule has 6 rings (SSSR count). The molecule has 1 aliphatic heterocycles. The molecule has 0 saturated carbocycles. The lowest BCUT2D eigenvalue weighted by Gasteiger charge is -2.32. The van der Waals surface area contributed by atoms with Crippen LogP contribution in [-0.2, 0) is 9.53 Å². The van der Waals surface area contributed by atoms with E-state index in [1.807, 2.05) is 53.9 Å². The molecular formula is C29H28N6O3S. The molecule has 0 atom stereocenters. The molecule has 3 aromatic heterocycles. The van der Waals surface area contributed by atoms with Crippen LogP contribution < -0.4 is 19.9 Å². The number of anilines is 4. The van der Waals surface area contributed by atoms with Crippen LogP contribution in [0.5, 0.6) is 5.75 Å². The van der Waals surface area contributed by atoms with Crippen LogP contribution in [-0.4, -0.2) is 61.3 Å². The van der Waals surface area contributed by atoms with Gasteiger partial charge in [-0.2, -0.15) is 0 Å². The van der Waals surface area contributed by atoms with Crippen LogP contribution in [0, 0.1) is 0 Å². The molecule has 0 radical (unpaired) electrons. The minimum atomic E-state index is -0.291. The largest absolute Gasteiger partial charge is 0.494 e. The predicted octanol–water partition coefficient (Wildman–Crippen LogP) is 5.58. The van der Waals surface area contributed by atoms with Crippen molar-refractivity contribution in [3.8, 4) is 17.0 Å². The van der Waals surface area contributed by atoms with Gasteiger partial charge in [-0.05, 0) is 29.7 Å². The van der Waals surface area contributed by atoms with Crippen LogP contribution in [0.2, 0.25) is 0 Å². The van der Waals surface area contributed by atoms with Crippen LogP contribution >= 0.6 is 11.3 Å². The Kier molecular flexibility index (Phi) is 6.64. The second-order valence-electron chi connectivity index (χ2n) is 9.15. The lowest BCUT2D eigenvalue weighted by Crippen LogP contribution is -2.36. The number of H-pyrrole nitrogens is 1. The van der Waals surface area contributed by atoms with E-state index in [9.17, 15) is 4.79 Å². The molecule has 9 nitrogen and oxygen atoms in total. The summed E-state index contributed by atoms with van der Waals surface area (Å²) in [4.78, 5) is 29.7. The van der Waals surface area contributed by atoms with Gasteiger partial charge in [0, 0.05) is 48.9 Å². The highest BCUT2D eigenvalue weighted by molar-refractivity contribution is 7.17. The number of fused-ring (bicyclic) bond motifs is 2. The van der Waals surface area contributed by atoms with Gasteiger partial charge in [-0.1, -0.05) is 24.8 Å². The zero-order valence-electron chi connectivity index (χ0n) is 21.7. The number of aromatic nitrogens is 3. The van der Waals surface area contributed by atoms with Crippen molar-refractivity contribution in [1.82, 2.24) is 15.0 Å². The Balaban J connectivity index is 1.48. The molecule has 5 aromatic rings. The molecule has 2 aromatic carbocycles. The maximum Gasteiger partial charge on any atom is 0.247 e. The zero-order valence-corrected chi connectivity index (χ0v) is 22.5. The third kappa shape index (κ3) is 4.58. The van der Waals surface area contributed by atoms with Gasteiger partial charge in [-0.3, -0.25) is 4.79 Å². The molecule has 0 aliphatic carbocycles. The molecule has 2 N–H and O–H groups in total. The fraction of sp³-hybridized carbons (Fsp3) is 0.207. The smallest absolute Gasteiger partial charge is 0.247 e. The average Bonchev–Trinajstić information content (AvgIpc) is 3.64. The Bertz CT molecular complexity index is 1690. The molecule has 198 valence electrons. The SMILES string of the molecule is C=CC(=O)Nc1cc(N(C)c2nc(-c3c[nH]c4ccccc34)c3sccc3n2)c(OC)cc1N1CCOCC1. The molecule has 1 fully saturated rings. The zero-order chi connectivity index (χ0) is 26.9. The van der Waals surface area contributed by atoms with Crippen molar-refractivity contribution >= 4 is 61.4 Å². The minimum absolute atomic E-state index is 0.291. The first kappa shape index (κ1) is 24.9. The number of para-hydroxylation sites is 1. The maximum absolute atomic E-state index is 12.4. The summed E-state index contributed by atoms with van der Waals surface area (Å²) in [6, 6.07) is 14.0. The molecule has 10 heteroatoms. The summed E-state index contributed by atoms with van der Waals surface area (Å²) in [5, 5.41) is 6.10. The number of nitrogens with one attached hydrogen (secondary N) is 2. The molecule has 0 bridgehead atoms. The second kappa shape index (κ2) is 10.4. The van der Waals surface area contributed by atoms with E-state index >= 15 is 0 Å². The predicted molar refractivity (Wildman–Crippen MR) is 158 cm³/mol. The molecule has 39 heavy (non-hydrogen) atoms. The number of hydrogen-bond acceptors (Lipinski definition) is 8. The Hall–Kier alpha value is -4.41. The van der Waals surface area contributed by atoms with E-state index in [0.717, 1.165) is 38.1 Å². The van der Waals surface area contributed by atoms with Crippen molar-refractivity contribution in [1.29, 1.82) is 0 Å². The second-order valence-corrected chi connectivity index (χ2v) is 10.1. The normalized spacial score (nSPS) is 13.5. The third-order valence-corrected chi connectivity index (χ3v) is 7.80. The van der Waals surface area contributed by atoms with E-state index in [2.05, 4.69) is 33.9 Å². The third-order valence-electron chi connectivity index (χ3n) is 6.89. The maximum atomic E-state index is 12.4. The fourth-order valence-electron chi connectivity index (χ4n) is 4.89. The number of carbonyl (C=O) groups is 1. The van der Waals surface area contributed by atoms with E-state index < -0.39 is 0 Å². The van der Waals surface area contributed by atoms with Gasteiger partial charge in [0.1, 0.15) is 5.75 Å². The van der Waals surface area contributed by atoms with E-state index in [1.165, 1.54) is 6.08 Å². The first-order valence-corrected chi connectivity index (χ1v) is 13.5. The highest BCUT2D eigenvalue weighted by Crippen LogP contribution is 2.42. The number of morpholine rings is 1. The van der Waals surface area contributed by atoms with Gasteiger partial charge in [-0.15, -0.1) is 11.3 Å². The number of amides is 1. The number of ether oxygens (including phenoxy) is 2. The number of aromatic amines is 1. The number of benzene rings is 2. The van der Waals surface area contributed by atoms with Gasteiger partial charge in [0.25, 0.3) is 0 Å². The quantitative estimate of drug-likeness (QED) is 0.260. The Morgan fingerprint density at radius 3 is 2.85 bits per heavy atom. The number of nitrogens with zero attached hydrogens (tertiary/aromatic N) is 4. The van der Waals surface area contributed by atoms with Gasteiger partial charge in [0.2, 0.25) is 11.9 Å². The summed E-state index contributed by atoms with van der Waals surface area (Å²) >= 11 is 1.62. The lowest BCUT2D eigenvalue weighted by molar-refractivity contribution is -0.111. The number of hydrogen-bond donors (Lipinski definition) is 2. The van der Waals surface area contributed by atoms with Crippen LogP contribution in [0.3, 0.4) is 0 Å². The van der Waals surface area contributed by atoms with Crippen molar-refractivity contribution in [2.75, 3.05) is 55.6 Å². The summed E-state index contributed by atoms with van der Waals surface area (Å²) in [6.07, 6.45) is 3.26. The summed E-state index contributed by atoms with van der Waals surface area (Å²) in [5.74, 6) is 0.860. The molecule has 4 heterocycles. The van der Waals surface area contributed by atoms with Crippen molar-refractivity contribution in [3.05, 3.63) is 66.7 Å². The van der Waals surface area contributed by atoms with E-state index in [1.54, 1.807) is 18.4 Å². The van der Waals surface area contributed by atoms with Crippen molar-refractivity contribution in [2.24, 2.45) is 0 Å². The molecular weight excluding hydrogens is 512 g/mol. The lowest BCUT2D eigenvalue weighted by atomic mass is 10.1. The standard InChI is InChI=1S/C29H28N6O3S/c1-4-26(36)31-22-15-24(25(37-3)16-23(22)35-10-12-38-13-11-35)34(2)29-32-21-9-14-39-28(21)27(33-29)19-17-30-20-8-6-5-7-18(19)20/h4-9,14-17,30H,1,10-13H2,2-3H3,(H,31,36). The van der Waals surface area contributed by atoms with Crippen LogP contribution in [0.1, 0.15) is 0 Å². The number of methoxy groups -OCH3 is 1. The Morgan fingerprint density at radius 2 is 2.05 bits per heavy atom. The van der Waals surface area contributed by atoms with Crippen LogP contribution in [0.15, 0.2) is 66.7 Å². The fourth-order valence-corrected chi connectivity index (χ4v) is 5.73.